The van der Waals surface area contributed by atoms with Crippen molar-refractivity contribution in [2.45, 2.75) is 44.8 Å². The highest BCUT2D eigenvalue weighted by atomic mass is 19.1. The minimum atomic E-state index is -0.240. The molecule has 0 aliphatic heterocycles. The zero-order chi connectivity index (χ0) is 12.3. The van der Waals surface area contributed by atoms with Gasteiger partial charge in [0.15, 0.2) is 0 Å². The number of hydrogen-bond acceptors (Lipinski definition) is 2. The molecule has 1 aromatic carbocycles. The van der Waals surface area contributed by atoms with Gasteiger partial charge in [-0.2, -0.15) is 0 Å². The smallest absolute Gasteiger partial charge is 0.126 e. The Morgan fingerprint density at radius 1 is 1.12 bits per heavy atom. The van der Waals surface area contributed by atoms with Gasteiger partial charge in [0.05, 0.1) is 12.2 Å². The Morgan fingerprint density at radius 3 is 2.41 bits per heavy atom. The number of halogens is 1. The van der Waals surface area contributed by atoms with Gasteiger partial charge < -0.3 is 9.47 Å². The predicted molar refractivity (Wildman–Crippen MR) is 64.8 cm³/mol. The summed E-state index contributed by atoms with van der Waals surface area (Å²) in [6.07, 6.45) is 4.57. The SMILES string of the molecule is COC1CCC(Oc2cc(F)ccc2C)CC1. The summed E-state index contributed by atoms with van der Waals surface area (Å²) >= 11 is 0. The Hall–Kier alpha value is -1.09. The summed E-state index contributed by atoms with van der Waals surface area (Å²) in [6, 6.07) is 4.69. The van der Waals surface area contributed by atoms with Crippen LogP contribution in [0.2, 0.25) is 0 Å². The number of ether oxygens (including phenoxy) is 2. The van der Waals surface area contributed by atoms with E-state index in [0.717, 1.165) is 31.2 Å². The van der Waals surface area contributed by atoms with Crippen LogP contribution in [0.5, 0.6) is 5.75 Å². The van der Waals surface area contributed by atoms with Crippen LogP contribution in [0.25, 0.3) is 0 Å². The van der Waals surface area contributed by atoms with Crippen LogP contribution in [0.15, 0.2) is 18.2 Å². The molecule has 0 amide bonds. The molecule has 0 saturated heterocycles. The Labute approximate surface area is 102 Å². The molecule has 0 radical (unpaired) electrons. The van der Waals surface area contributed by atoms with E-state index in [1.54, 1.807) is 13.2 Å². The first kappa shape index (κ1) is 12.4. The minimum Gasteiger partial charge on any atom is -0.490 e. The second-order valence-corrected chi connectivity index (χ2v) is 4.66. The minimum absolute atomic E-state index is 0.196. The van der Waals surface area contributed by atoms with E-state index >= 15 is 0 Å². The molecular formula is C14H19FO2. The predicted octanol–water partition coefficient (Wildman–Crippen LogP) is 3.47. The van der Waals surface area contributed by atoms with E-state index in [4.69, 9.17) is 9.47 Å². The highest BCUT2D eigenvalue weighted by molar-refractivity contribution is 5.32. The van der Waals surface area contributed by atoms with Gasteiger partial charge in [-0.25, -0.2) is 4.39 Å². The number of methoxy groups -OCH3 is 1. The third kappa shape index (κ3) is 3.19. The quantitative estimate of drug-likeness (QED) is 0.802. The zero-order valence-electron chi connectivity index (χ0n) is 10.4. The van der Waals surface area contributed by atoms with Crippen LogP contribution in [-0.4, -0.2) is 19.3 Å². The first-order chi connectivity index (χ1) is 8.19. The van der Waals surface area contributed by atoms with Crippen LogP contribution in [0.1, 0.15) is 31.2 Å². The highest BCUT2D eigenvalue weighted by Gasteiger charge is 2.22. The summed E-state index contributed by atoms with van der Waals surface area (Å²) in [7, 11) is 1.75. The molecule has 2 rings (SSSR count). The van der Waals surface area contributed by atoms with Crippen molar-refractivity contribution < 1.29 is 13.9 Å². The number of rotatable bonds is 3. The Morgan fingerprint density at radius 2 is 1.76 bits per heavy atom. The standard InChI is InChI=1S/C14H19FO2/c1-10-3-4-11(15)9-14(10)17-13-7-5-12(16-2)6-8-13/h3-4,9,12-13H,5-8H2,1-2H3. The zero-order valence-corrected chi connectivity index (χ0v) is 10.4. The van der Waals surface area contributed by atoms with Crippen molar-refractivity contribution >= 4 is 0 Å². The van der Waals surface area contributed by atoms with Gasteiger partial charge in [-0.1, -0.05) is 6.07 Å². The lowest BCUT2D eigenvalue weighted by Crippen LogP contribution is -2.27. The van der Waals surface area contributed by atoms with Gasteiger partial charge in [0.2, 0.25) is 0 Å². The summed E-state index contributed by atoms with van der Waals surface area (Å²) < 4.78 is 24.3. The molecule has 0 unspecified atom stereocenters. The molecular weight excluding hydrogens is 219 g/mol. The highest BCUT2D eigenvalue weighted by Crippen LogP contribution is 2.27. The number of hydrogen-bond donors (Lipinski definition) is 0. The normalized spacial score (nSPS) is 24.6. The molecule has 0 bridgehead atoms. The van der Waals surface area contributed by atoms with E-state index in [1.807, 2.05) is 6.92 Å². The number of benzene rings is 1. The van der Waals surface area contributed by atoms with Gasteiger partial charge in [-0.3, -0.25) is 0 Å². The molecule has 94 valence electrons. The first-order valence-electron chi connectivity index (χ1n) is 6.14. The number of aryl methyl sites for hydroxylation is 1. The molecule has 2 nitrogen and oxygen atoms in total. The van der Waals surface area contributed by atoms with Gasteiger partial charge in [-0.05, 0) is 44.2 Å². The fourth-order valence-corrected chi connectivity index (χ4v) is 2.27. The summed E-state index contributed by atoms with van der Waals surface area (Å²) in [4.78, 5) is 0. The van der Waals surface area contributed by atoms with Crippen LogP contribution in [0.4, 0.5) is 4.39 Å². The topological polar surface area (TPSA) is 18.5 Å². The van der Waals surface area contributed by atoms with Crippen LogP contribution in [-0.2, 0) is 4.74 Å². The van der Waals surface area contributed by atoms with Gasteiger partial charge in [0.25, 0.3) is 0 Å². The third-order valence-electron chi connectivity index (χ3n) is 3.40. The molecule has 0 spiro atoms. The van der Waals surface area contributed by atoms with Crippen molar-refractivity contribution in [3.63, 3.8) is 0 Å². The summed E-state index contributed by atoms with van der Waals surface area (Å²) in [5.41, 5.74) is 0.986. The van der Waals surface area contributed by atoms with Crippen molar-refractivity contribution in [2.24, 2.45) is 0 Å². The molecule has 1 aliphatic rings. The molecule has 1 aromatic rings. The lowest BCUT2D eigenvalue weighted by atomic mass is 9.95. The molecule has 3 heteroatoms. The van der Waals surface area contributed by atoms with Crippen molar-refractivity contribution in [3.8, 4) is 5.75 Å². The molecule has 1 aliphatic carbocycles. The largest absolute Gasteiger partial charge is 0.490 e. The van der Waals surface area contributed by atoms with Crippen LogP contribution in [0.3, 0.4) is 0 Å². The monoisotopic (exact) mass is 238 g/mol. The van der Waals surface area contributed by atoms with Crippen molar-refractivity contribution in [3.05, 3.63) is 29.6 Å². The third-order valence-corrected chi connectivity index (χ3v) is 3.40. The molecule has 0 aromatic heterocycles. The van der Waals surface area contributed by atoms with Crippen LogP contribution < -0.4 is 4.74 Å². The maximum atomic E-state index is 13.1. The second kappa shape index (κ2) is 5.50. The van der Waals surface area contributed by atoms with Gasteiger partial charge in [-0.15, -0.1) is 0 Å². The summed E-state index contributed by atoms with van der Waals surface area (Å²) in [6.45, 7) is 1.94. The van der Waals surface area contributed by atoms with E-state index in [9.17, 15) is 4.39 Å². The van der Waals surface area contributed by atoms with Gasteiger partial charge >= 0.3 is 0 Å². The second-order valence-electron chi connectivity index (χ2n) is 4.66. The molecule has 0 heterocycles. The van der Waals surface area contributed by atoms with E-state index < -0.39 is 0 Å². The van der Waals surface area contributed by atoms with Crippen molar-refractivity contribution in [1.29, 1.82) is 0 Å². The first-order valence-corrected chi connectivity index (χ1v) is 6.14. The maximum absolute atomic E-state index is 13.1. The Balaban J connectivity index is 1.95. The average Bonchev–Trinajstić information content (AvgIpc) is 2.35. The molecule has 1 saturated carbocycles. The fraction of sp³-hybridized carbons (Fsp3) is 0.571. The van der Waals surface area contributed by atoms with Crippen molar-refractivity contribution in [2.75, 3.05) is 7.11 Å². The molecule has 17 heavy (non-hydrogen) atoms. The average molecular weight is 238 g/mol. The Bertz CT molecular complexity index is 370. The van der Waals surface area contributed by atoms with Crippen molar-refractivity contribution in [1.82, 2.24) is 0 Å². The van der Waals surface area contributed by atoms with E-state index in [-0.39, 0.29) is 11.9 Å². The van der Waals surface area contributed by atoms with Gasteiger partial charge in [0, 0.05) is 13.2 Å². The molecule has 0 atom stereocenters. The maximum Gasteiger partial charge on any atom is 0.126 e. The lowest BCUT2D eigenvalue weighted by molar-refractivity contribution is 0.0325. The summed E-state index contributed by atoms with van der Waals surface area (Å²) in [5, 5.41) is 0. The lowest BCUT2D eigenvalue weighted by Gasteiger charge is -2.28. The van der Waals surface area contributed by atoms with Crippen LogP contribution >= 0.6 is 0 Å². The van der Waals surface area contributed by atoms with E-state index in [0.29, 0.717) is 11.9 Å². The van der Waals surface area contributed by atoms with Crippen LogP contribution in [0, 0.1) is 12.7 Å². The van der Waals surface area contributed by atoms with Gasteiger partial charge in [0.1, 0.15) is 11.6 Å². The molecule has 0 N–H and O–H groups in total. The van der Waals surface area contributed by atoms with E-state index in [1.165, 1.54) is 12.1 Å². The fourth-order valence-electron chi connectivity index (χ4n) is 2.27. The van der Waals surface area contributed by atoms with E-state index in [2.05, 4.69) is 0 Å². The molecule has 1 fully saturated rings. The Kier molecular flexibility index (Phi) is 4.00. The summed E-state index contributed by atoms with van der Waals surface area (Å²) in [5.74, 6) is 0.432.